The topological polar surface area (TPSA) is 15.3 Å². The molecular weight excluding hydrogens is 264 g/mol. The molecule has 2 nitrogen and oxygen atoms in total. The van der Waals surface area contributed by atoms with Crippen LogP contribution in [0.2, 0.25) is 5.02 Å². The Morgan fingerprint density at radius 1 is 1.56 bits per heavy atom. The van der Waals surface area contributed by atoms with Gasteiger partial charge >= 0.3 is 0 Å². The minimum Gasteiger partial charge on any atom is -0.316 e. The zero-order valence-corrected chi connectivity index (χ0v) is 12.9. The molecule has 0 aromatic carbocycles. The van der Waals surface area contributed by atoms with Crippen LogP contribution in [-0.2, 0) is 6.54 Å². The third kappa shape index (κ3) is 4.23. The Bertz CT molecular complexity index is 358. The van der Waals surface area contributed by atoms with Gasteiger partial charge < -0.3 is 5.32 Å². The van der Waals surface area contributed by atoms with Crippen molar-refractivity contribution in [3.63, 3.8) is 0 Å². The largest absolute Gasteiger partial charge is 0.316 e. The van der Waals surface area contributed by atoms with Crippen LogP contribution in [0.1, 0.15) is 31.6 Å². The summed E-state index contributed by atoms with van der Waals surface area (Å²) >= 11 is 7.77. The summed E-state index contributed by atoms with van der Waals surface area (Å²) < 4.78 is 0. The molecule has 0 aliphatic carbocycles. The Balaban J connectivity index is 1.90. The van der Waals surface area contributed by atoms with Crippen LogP contribution in [0.25, 0.3) is 0 Å². The molecule has 4 heteroatoms. The Morgan fingerprint density at radius 3 is 2.94 bits per heavy atom. The maximum absolute atomic E-state index is 6.00. The van der Waals surface area contributed by atoms with Gasteiger partial charge in [-0.05, 0) is 51.8 Å². The molecule has 0 bridgehead atoms. The predicted molar refractivity (Wildman–Crippen MR) is 80.5 cm³/mol. The van der Waals surface area contributed by atoms with Gasteiger partial charge in [0.15, 0.2) is 0 Å². The highest BCUT2D eigenvalue weighted by Gasteiger charge is 2.19. The minimum atomic E-state index is 0.591. The van der Waals surface area contributed by atoms with Crippen molar-refractivity contribution in [2.45, 2.75) is 39.3 Å². The van der Waals surface area contributed by atoms with Crippen molar-refractivity contribution in [1.29, 1.82) is 0 Å². The van der Waals surface area contributed by atoms with Gasteiger partial charge in [-0.2, -0.15) is 0 Å². The molecule has 1 aliphatic heterocycles. The highest BCUT2D eigenvalue weighted by atomic mass is 35.5. The summed E-state index contributed by atoms with van der Waals surface area (Å²) in [5.41, 5.74) is 0. The number of piperidine rings is 1. The molecule has 1 aliphatic rings. The molecule has 1 saturated heterocycles. The summed E-state index contributed by atoms with van der Waals surface area (Å²) in [6.07, 6.45) is 2.68. The lowest BCUT2D eigenvalue weighted by molar-refractivity contribution is 0.165. The molecule has 0 radical (unpaired) electrons. The van der Waals surface area contributed by atoms with E-state index >= 15 is 0 Å². The molecule has 102 valence electrons. The molecule has 0 saturated carbocycles. The first-order valence-electron chi connectivity index (χ1n) is 6.83. The zero-order valence-electron chi connectivity index (χ0n) is 11.3. The van der Waals surface area contributed by atoms with Crippen LogP contribution in [0, 0.1) is 5.92 Å². The van der Waals surface area contributed by atoms with E-state index in [2.05, 4.69) is 30.1 Å². The lowest BCUT2D eigenvalue weighted by Crippen LogP contribution is -2.40. The van der Waals surface area contributed by atoms with E-state index in [1.165, 1.54) is 37.4 Å². The van der Waals surface area contributed by atoms with Gasteiger partial charge in [-0.3, -0.25) is 4.90 Å². The monoisotopic (exact) mass is 286 g/mol. The Labute approximate surface area is 119 Å². The summed E-state index contributed by atoms with van der Waals surface area (Å²) in [6, 6.07) is 2.69. The average molecular weight is 287 g/mol. The zero-order chi connectivity index (χ0) is 13.0. The van der Waals surface area contributed by atoms with Gasteiger partial charge in [0.25, 0.3) is 0 Å². The summed E-state index contributed by atoms with van der Waals surface area (Å²) in [5.74, 6) is 0.802. The first kappa shape index (κ1) is 14.3. The van der Waals surface area contributed by atoms with Gasteiger partial charge in [0.05, 0.1) is 5.02 Å². The molecule has 1 atom stereocenters. The molecule has 0 amide bonds. The summed E-state index contributed by atoms with van der Waals surface area (Å²) in [6.45, 7) is 9.16. The molecule has 0 spiro atoms. The van der Waals surface area contributed by atoms with Crippen molar-refractivity contribution in [1.82, 2.24) is 10.2 Å². The van der Waals surface area contributed by atoms with Crippen LogP contribution >= 0.6 is 22.9 Å². The van der Waals surface area contributed by atoms with Crippen LogP contribution in [0.5, 0.6) is 0 Å². The molecule has 2 rings (SSSR count). The third-order valence-corrected chi connectivity index (χ3v) is 4.87. The fourth-order valence-electron chi connectivity index (χ4n) is 2.51. The Morgan fingerprint density at radius 2 is 2.39 bits per heavy atom. The Kier molecular flexibility index (Phi) is 5.49. The second-order valence-electron chi connectivity index (χ2n) is 5.47. The smallest absolute Gasteiger partial charge is 0.0516 e. The van der Waals surface area contributed by atoms with Crippen molar-refractivity contribution in [2.24, 2.45) is 5.92 Å². The number of hydrogen-bond donors (Lipinski definition) is 1. The van der Waals surface area contributed by atoms with E-state index in [-0.39, 0.29) is 0 Å². The molecule has 2 heterocycles. The number of rotatable bonds is 5. The summed E-state index contributed by atoms with van der Waals surface area (Å²) in [4.78, 5) is 3.94. The molecule has 1 N–H and O–H groups in total. The van der Waals surface area contributed by atoms with Crippen LogP contribution in [0.3, 0.4) is 0 Å². The average Bonchev–Trinajstić information content (AvgIpc) is 2.75. The van der Waals surface area contributed by atoms with Gasteiger partial charge in [0.1, 0.15) is 0 Å². The van der Waals surface area contributed by atoms with Crippen molar-refractivity contribution in [3.05, 3.63) is 21.3 Å². The van der Waals surface area contributed by atoms with Crippen LogP contribution in [0.4, 0.5) is 0 Å². The highest BCUT2D eigenvalue weighted by Crippen LogP contribution is 2.22. The van der Waals surface area contributed by atoms with Gasteiger partial charge in [-0.1, -0.05) is 11.6 Å². The number of hydrogen-bond acceptors (Lipinski definition) is 3. The van der Waals surface area contributed by atoms with Crippen LogP contribution in [-0.4, -0.2) is 30.6 Å². The second kappa shape index (κ2) is 6.90. The van der Waals surface area contributed by atoms with E-state index in [9.17, 15) is 0 Å². The molecule has 1 aromatic heterocycles. The first-order valence-corrected chi connectivity index (χ1v) is 8.08. The molecule has 1 unspecified atom stereocenters. The molecule has 1 aromatic rings. The van der Waals surface area contributed by atoms with E-state index in [4.69, 9.17) is 11.6 Å². The normalized spacial score (nSPS) is 20.8. The lowest BCUT2D eigenvalue weighted by Gasteiger charge is -2.32. The summed E-state index contributed by atoms with van der Waals surface area (Å²) in [5, 5.41) is 6.40. The minimum absolute atomic E-state index is 0.591. The number of halogens is 1. The third-order valence-electron chi connectivity index (χ3n) is 3.60. The standard InChI is InChI=1S/C14H23ClN2S/c1-11(2)17(8-12-4-3-5-16-7-12)9-14-6-13(15)10-18-14/h6,10-12,16H,3-5,7-9H2,1-2H3. The summed E-state index contributed by atoms with van der Waals surface area (Å²) in [7, 11) is 0. The Hall–Kier alpha value is -0.0900. The molecule has 1 fully saturated rings. The lowest BCUT2D eigenvalue weighted by atomic mass is 9.98. The van der Waals surface area contributed by atoms with Gasteiger partial charge in [0, 0.05) is 29.4 Å². The maximum Gasteiger partial charge on any atom is 0.0516 e. The quantitative estimate of drug-likeness (QED) is 0.889. The van der Waals surface area contributed by atoms with Gasteiger partial charge in [-0.15, -0.1) is 11.3 Å². The van der Waals surface area contributed by atoms with Crippen molar-refractivity contribution < 1.29 is 0 Å². The van der Waals surface area contributed by atoms with Crippen LogP contribution < -0.4 is 5.32 Å². The van der Waals surface area contributed by atoms with Crippen molar-refractivity contribution >= 4 is 22.9 Å². The fourth-order valence-corrected chi connectivity index (χ4v) is 3.60. The van der Waals surface area contributed by atoms with Crippen molar-refractivity contribution in [2.75, 3.05) is 19.6 Å². The van der Waals surface area contributed by atoms with Gasteiger partial charge in [0.2, 0.25) is 0 Å². The fraction of sp³-hybridized carbons (Fsp3) is 0.714. The van der Waals surface area contributed by atoms with Crippen molar-refractivity contribution in [3.8, 4) is 0 Å². The van der Waals surface area contributed by atoms with E-state index < -0.39 is 0 Å². The SMILES string of the molecule is CC(C)N(Cc1cc(Cl)cs1)CC1CCCNC1. The van der Waals surface area contributed by atoms with Gasteiger partial charge in [-0.25, -0.2) is 0 Å². The highest BCUT2D eigenvalue weighted by molar-refractivity contribution is 7.10. The predicted octanol–water partition coefficient (Wildman–Crippen LogP) is 3.61. The number of nitrogens with one attached hydrogen (secondary N) is 1. The molecule has 18 heavy (non-hydrogen) atoms. The van der Waals surface area contributed by atoms with E-state index in [1.54, 1.807) is 11.3 Å². The van der Waals surface area contributed by atoms with E-state index in [0.29, 0.717) is 6.04 Å². The number of thiophene rings is 1. The second-order valence-corrected chi connectivity index (χ2v) is 6.90. The molecular formula is C14H23ClN2S. The van der Waals surface area contributed by atoms with E-state index in [0.717, 1.165) is 17.5 Å². The van der Waals surface area contributed by atoms with Crippen LogP contribution in [0.15, 0.2) is 11.4 Å². The first-order chi connectivity index (χ1) is 8.65. The maximum atomic E-state index is 6.00. The van der Waals surface area contributed by atoms with E-state index in [1.807, 2.05) is 5.38 Å². The number of nitrogens with zero attached hydrogens (tertiary/aromatic N) is 1.